The van der Waals surface area contributed by atoms with E-state index >= 15 is 0 Å². The van der Waals surface area contributed by atoms with Crippen LogP contribution in [0.4, 0.5) is 8.78 Å². The molecule has 2 rings (SSSR count). The summed E-state index contributed by atoms with van der Waals surface area (Å²) < 4.78 is 52.3. The zero-order valence-electron chi connectivity index (χ0n) is 12.5. The Kier molecular flexibility index (Phi) is 4.32. The molecule has 0 spiro atoms. The third kappa shape index (κ3) is 3.71. The van der Waals surface area contributed by atoms with E-state index in [1.807, 2.05) is 0 Å². The molecule has 0 radical (unpaired) electrons. The first-order chi connectivity index (χ1) is 9.50. The summed E-state index contributed by atoms with van der Waals surface area (Å²) in [6.07, 6.45) is 1.48. The first-order valence-electron chi connectivity index (χ1n) is 7.17. The minimum atomic E-state index is -3.54. The van der Waals surface area contributed by atoms with E-state index in [1.165, 1.54) is 4.90 Å². The molecule has 0 aromatic carbocycles. The molecule has 1 N–H and O–H groups in total. The number of hydrogen-bond donors (Lipinski definition) is 1. The fourth-order valence-corrected chi connectivity index (χ4v) is 4.19. The maximum atomic E-state index is 13.6. The van der Waals surface area contributed by atoms with E-state index in [-0.39, 0.29) is 24.7 Å². The maximum Gasteiger partial charge on any atom is 0.252 e. The van der Waals surface area contributed by atoms with Crippen LogP contribution in [-0.2, 0) is 14.8 Å². The quantitative estimate of drug-likeness (QED) is 0.849. The van der Waals surface area contributed by atoms with Gasteiger partial charge in [0.2, 0.25) is 15.9 Å². The molecule has 21 heavy (non-hydrogen) atoms. The van der Waals surface area contributed by atoms with Gasteiger partial charge in [0.1, 0.15) is 6.04 Å². The highest BCUT2D eigenvalue weighted by Gasteiger charge is 2.52. The number of sulfonamides is 1. The number of alkyl halides is 2. The van der Waals surface area contributed by atoms with E-state index in [9.17, 15) is 22.0 Å². The Morgan fingerprint density at radius 3 is 2.10 bits per heavy atom. The van der Waals surface area contributed by atoms with E-state index in [0.717, 1.165) is 6.26 Å². The lowest BCUT2D eigenvalue weighted by Gasteiger charge is -2.41. The van der Waals surface area contributed by atoms with Crippen LogP contribution in [0.15, 0.2) is 0 Å². The van der Waals surface area contributed by atoms with Crippen LogP contribution in [0, 0.1) is 5.92 Å². The Morgan fingerprint density at radius 1 is 1.24 bits per heavy atom. The molecule has 0 aliphatic carbocycles. The number of fused-ring (bicyclic) bond motifs is 2. The SMILES string of the molecule is CC(C)[C@H](NS(C)(=O)=O)C(=O)N1C2CCC1CC(F)(F)C2. The highest BCUT2D eigenvalue weighted by molar-refractivity contribution is 7.88. The van der Waals surface area contributed by atoms with Gasteiger partial charge in [0.25, 0.3) is 5.92 Å². The fourth-order valence-electron chi connectivity index (χ4n) is 3.36. The van der Waals surface area contributed by atoms with Crippen molar-refractivity contribution >= 4 is 15.9 Å². The lowest BCUT2D eigenvalue weighted by Crippen LogP contribution is -2.57. The molecule has 2 unspecified atom stereocenters. The minimum Gasteiger partial charge on any atom is -0.335 e. The predicted molar refractivity (Wildman–Crippen MR) is 74.4 cm³/mol. The smallest absolute Gasteiger partial charge is 0.252 e. The van der Waals surface area contributed by atoms with Crippen molar-refractivity contribution in [3.63, 3.8) is 0 Å². The van der Waals surface area contributed by atoms with Gasteiger partial charge in [0, 0.05) is 24.9 Å². The summed E-state index contributed by atoms with van der Waals surface area (Å²) in [6, 6.07) is -1.85. The van der Waals surface area contributed by atoms with E-state index in [1.54, 1.807) is 13.8 Å². The standard InChI is InChI=1S/C13H22F2N2O3S/c1-8(2)11(16-21(3,19)20)12(18)17-9-4-5-10(17)7-13(14,15)6-9/h8-11,16H,4-7H2,1-3H3/t9?,10?,11-/m0/s1. The lowest BCUT2D eigenvalue weighted by atomic mass is 9.96. The van der Waals surface area contributed by atoms with E-state index in [2.05, 4.69) is 4.72 Å². The molecule has 1 amide bonds. The number of nitrogens with one attached hydrogen (secondary N) is 1. The summed E-state index contributed by atoms with van der Waals surface area (Å²) in [5.74, 6) is -3.34. The molecular weight excluding hydrogens is 302 g/mol. The summed E-state index contributed by atoms with van der Waals surface area (Å²) in [6.45, 7) is 3.47. The zero-order valence-corrected chi connectivity index (χ0v) is 13.3. The van der Waals surface area contributed by atoms with Crippen LogP contribution in [0.1, 0.15) is 39.5 Å². The van der Waals surface area contributed by atoms with Gasteiger partial charge in [-0.15, -0.1) is 0 Å². The zero-order chi connectivity index (χ0) is 16.0. The Hall–Kier alpha value is -0.760. The molecule has 122 valence electrons. The third-order valence-corrected chi connectivity index (χ3v) is 4.90. The van der Waals surface area contributed by atoms with Crippen molar-refractivity contribution in [3.8, 4) is 0 Å². The second kappa shape index (κ2) is 5.46. The molecule has 3 atom stereocenters. The van der Waals surface area contributed by atoms with Gasteiger partial charge >= 0.3 is 0 Å². The van der Waals surface area contributed by atoms with E-state index in [4.69, 9.17) is 0 Å². The van der Waals surface area contributed by atoms with Crippen LogP contribution >= 0.6 is 0 Å². The maximum absolute atomic E-state index is 13.6. The van der Waals surface area contributed by atoms with Gasteiger partial charge in [-0.1, -0.05) is 13.8 Å². The van der Waals surface area contributed by atoms with Gasteiger partial charge in [-0.05, 0) is 18.8 Å². The number of rotatable bonds is 4. The van der Waals surface area contributed by atoms with Crippen molar-refractivity contribution in [2.45, 2.75) is 63.6 Å². The number of carbonyl (C=O) groups is 1. The molecule has 2 aliphatic rings. The second-order valence-electron chi connectivity index (χ2n) is 6.51. The predicted octanol–water partition coefficient (Wildman–Crippen LogP) is 1.35. The van der Waals surface area contributed by atoms with Crippen molar-refractivity contribution in [3.05, 3.63) is 0 Å². The van der Waals surface area contributed by atoms with E-state index < -0.39 is 34.1 Å². The van der Waals surface area contributed by atoms with Crippen molar-refractivity contribution in [2.75, 3.05) is 6.26 Å². The second-order valence-corrected chi connectivity index (χ2v) is 8.29. The van der Waals surface area contributed by atoms with Crippen LogP contribution in [0.2, 0.25) is 0 Å². The number of amides is 1. The highest BCUT2D eigenvalue weighted by Crippen LogP contribution is 2.43. The normalized spacial score (nSPS) is 29.7. The summed E-state index contributed by atoms with van der Waals surface area (Å²) in [4.78, 5) is 14.1. The Bertz CT molecular complexity index is 506. The molecule has 0 saturated carbocycles. The van der Waals surface area contributed by atoms with Crippen molar-refractivity contribution in [2.24, 2.45) is 5.92 Å². The van der Waals surface area contributed by atoms with Gasteiger partial charge < -0.3 is 4.90 Å². The first kappa shape index (κ1) is 16.6. The number of carbonyl (C=O) groups excluding carboxylic acids is 1. The van der Waals surface area contributed by atoms with Gasteiger partial charge in [0.15, 0.2) is 0 Å². The molecule has 5 nitrogen and oxygen atoms in total. The van der Waals surface area contributed by atoms with Crippen molar-refractivity contribution in [1.82, 2.24) is 9.62 Å². The Labute approximate surface area is 124 Å². The number of nitrogens with zero attached hydrogens (tertiary/aromatic N) is 1. The van der Waals surface area contributed by atoms with Crippen LogP contribution in [-0.4, -0.2) is 49.5 Å². The molecule has 0 aromatic rings. The molecule has 0 aromatic heterocycles. The summed E-state index contributed by atoms with van der Waals surface area (Å²) >= 11 is 0. The van der Waals surface area contributed by atoms with Gasteiger partial charge in [-0.2, -0.15) is 0 Å². The van der Waals surface area contributed by atoms with E-state index in [0.29, 0.717) is 12.8 Å². The number of piperidine rings is 1. The molecule has 2 bridgehead atoms. The molecule has 2 saturated heterocycles. The van der Waals surface area contributed by atoms with Crippen molar-refractivity contribution in [1.29, 1.82) is 0 Å². The van der Waals surface area contributed by atoms with Crippen LogP contribution in [0.25, 0.3) is 0 Å². The molecular formula is C13H22F2N2O3S. The summed E-state index contributed by atoms with van der Waals surface area (Å²) in [5, 5.41) is 0. The molecule has 8 heteroatoms. The number of halogens is 2. The van der Waals surface area contributed by atoms with Gasteiger partial charge in [-0.3, -0.25) is 4.79 Å². The van der Waals surface area contributed by atoms with Gasteiger partial charge in [0.05, 0.1) is 6.26 Å². The number of hydrogen-bond acceptors (Lipinski definition) is 3. The van der Waals surface area contributed by atoms with Crippen LogP contribution < -0.4 is 4.72 Å². The third-order valence-electron chi connectivity index (χ3n) is 4.22. The average molecular weight is 324 g/mol. The monoisotopic (exact) mass is 324 g/mol. The van der Waals surface area contributed by atoms with Gasteiger partial charge in [-0.25, -0.2) is 21.9 Å². The fraction of sp³-hybridized carbons (Fsp3) is 0.923. The lowest BCUT2D eigenvalue weighted by molar-refractivity contribution is -0.147. The Morgan fingerprint density at radius 2 is 1.71 bits per heavy atom. The Balaban J connectivity index is 2.19. The largest absolute Gasteiger partial charge is 0.335 e. The molecule has 2 heterocycles. The molecule has 2 fully saturated rings. The van der Waals surface area contributed by atoms with Crippen LogP contribution in [0.3, 0.4) is 0 Å². The average Bonchev–Trinajstić information content (AvgIpc) is 2.57. The molecule has 2 aliphatic heterocycles. The van der Waals surface area contributed by atoms with Crippen molar-refractivity contribution < 1.29 is 22.0 Å². The summed E-state index contributed by atoms with van der Waals surface area (Å²) in [7, 11) is -3.54. The minimum absolute atomic E-state index is 0.242. The van der Waals surface area contributed by atoms with Crippen LogP contribution in [0.5, 0.6) is 0 Å². The topological polar surface area (TPSA) is 66.5 Å². The highest BCUT2D eigenvalue weighted by atomic mass is 32.2. The summed E-state index contributed by atoms with van der Waals surface area (Å²) in [5.41, 5.74) is 0. The first-order valence-corrected chi connectivity index (χ1v) is 9.06.